The Bertz CT molecular complexity index is 477. The minimum Gasteiger partial charge on any atom is -0.394 e. The molecule has 0 aromatic carbocycles. The summed E-state index contributed by atoms with van der Waals surface area (Å²) >= 11 is 0. The molecule has 1 aromatic heterocycles. The summed E-state index contributed by atoms with van der Waals surface area (Å²) in [4.78, 5) is 15.2. The highest BCUT2D eigenvalue weighted by Crippen LogP contribution is 2.29. The molecule has 4 N–H and O–H groups in total. The van der Waals surface area contributed by atoms with Crippen LogP contribution < -0.4 is 11.4 Å². The van der Waals surface area contributed by atoms with Gasteiger partial charge in [-0.15, -0.1) is 0 Å². The molecule has 0 spiro atoms. The van der Waals surface area contributed by atoms with E-state index in [-0.39, 0.29) is 12.4 Å². The number of hydrogen-bond acceptors (Lipinski definition) is 7. The normalized spacial score (nSPS) is 31.7. The number of aliphatic hydroxyl groups is 2. The lowest BCUT2D eigenvalue weighted by Gasteiger charge is -2.18. The molecule has 100 valence electrons. The molecular formula is C10H15N3O5. The first-order valence-corrected chi connectivity index (χ1v) is 5.40. The Kier molecular flexibility index (Phi) is 3.62. The molecular weight excluding hydrogens is 242 g/mol. The van der Waals surface area contributed by atoms with Crippen LogP contribution in [0, 0.1) is 0 Å². The third kappa shape index (κ3) is 2.10. The molecule has 0 aliphatic carbocycles. The number of aromatic nitrogens is 2. The molecule has 4 atom stereocenters. The number of ether oxygens (including phenoxy) is 2. The maximum Gasteiger partial charge on any atom is 0.351 e. The van der Waals surface area contributed by atoms with Crippen molar-refractivity contribution in [2.75, 3.05) is 19.5 Å². The summed E-state index contributed by atoms with van der Waals surface area (Å²) in [6, 6.07) is 1.42. The van der Waals surface area contributed by atoms with E-state index < -0.39 is 30.2 Å². The second kappa shape index (κ2) is 5.02. The highest BCUT2D eigenvalue weighted by molar-refractivity contribution is 5.23. The lowest BCUT2D eigenvalue weighted by atomic mass is 10.1. The van der Waals surface area contributed by atoms with E-state index in [1.165, 1.54) is 19.4 Å². The zero-order valence-electron chi connectivity index (χ0n) is 9.76. The molecule has 8 nitrogen and oxygen atoms in total. The fourth-order valence-electron chi connectivity index (χ4n) is 2.01. The highest BCUT2D eigenvalue weighted by Gasteiger charge is 2.45. The van der Waals surface area contributed by atoms with Crippen LogP contribution in [0.3, 0.4) is 0 Å². The van der Waals surface area contributed by atoms with Gasteiger partial charge in [0.25, 0.3) is 0 Å². The van der Waals surface area contributed by atoms with Gasteiger partial charge in [-0.2, -0.15) is 4.98 Å². The third-order valence-corrected chi connectivity index (χ3v) is 2.89. The van der Waals surface area contributed by atoms with Gasteiger partial charge in [-0.1, -0.05) is 0 Å². The zero-order chi connectivity index (χ0) is 13.3. The van der Waals surface area contributed by atoms with Crippen LogP contribution in [-0.2, 0) is 9.47 Å². The number of nitrogen functional groups attached to an aromatic ring is 1. The average molecular weight is 257 g/mol. The van der Waals surface area contributed by atoms with E-state index >= 15 is 0 Å². The van der Waals surface area contributed by atoms with E-state index in [2.05, 4.69) is 4.98 Å². The van der Waals surface area contributed by atoms with Crippen molar-refractivity contribution in [1.29, 1.82) is 0 Å². The Labute approximate surface area is 103 Å². The van der Waals surface area contributed by atoms with Crippen molar-refractivity contribution in [3.63, 3.8) is 0 Å². The predicted octanol–water partition coefficient (Wildman–Crippen LogP) is -1.91. The van der Waals surface area contributed by atoms with Crippen LogP contribution in [0.5, 0.6) is 0 Å². The van der Waals surface area contributed by atoms with Crippen LogP contribution in [0.25, 0.3) is 0 Å². The topological polar surface area (TPSA) is 120 Å². The second-order valence-corrected chi connectivity index (χ2v) is 3.98. The maximum absolute atomic E-state index is 11.6. The average Bonchev–Trinajstić information content (AvgIpc) is 2.66. The van der Waals surface area contributed by atoms with E-state index in [4.69, 9.17) is 20.3 Å². The van der Waals surface area contributed by atoms with Gasteiger partial charge in [-0.05, 0) is 6.07 Å². The Morgan fingerprint density at radius 1 is 1.67 bits per heavy atom. The molecule has 2 heterocycles. The molecule has 3 unspecified atom stereocenters. The third-order valence-electron chi connectivity index (χ3n) is 2.89. The van der Waals surface area contributed by atoms with E-state index in [9.17, 15) is 9.90 Å². The van der Waals surface area contributed by atoms with Gasteiger partial charge in [0.05, 0.1) is 6.61 Å². The van der Waals surface area contributed by atoms with Gasteiger partial charge >= 0.3 is 5.69 Å². The maximum atomic E-state index is 11.6. The number of methoxy groups -OCH3 is 1. The van der Waals surface area contributed by atoms with Gasteiger partial charge in [0.2, 0.25) is 0 Å². The molecule has 2 rings (SSSR count). The SMILES string of the molecule is COC1C(CO)OC(n2ccc(N)nc2=O)[C@H]1O. The number of rotatable bonds is 3. The predicted molar refractivity (Wildman–Crippen MR) is 60.7 cm³/mol. The largest absolute Gasteiger partial charge is 0.394 e. The standard InChI is InChI=1S/C10H15N3O5/c1-17-8-5(4-14)18-9(7(8)15)13-3-2-6(11)12-10(13)16/h2-3,5,7-9,14-15H,4H2,1H3,(H2,11,12,16)/t5?,7-,8?,9?/m0/s1. The molecule has 18 heavy (non-hydrogen) atoms. The van der Waals surface area contributed by atoms with Crippen molar-refractivity contribution in [2.24, 2.45) is 0 Å². The van der Waals surface area contributed by atoms with Gasteiger partial charge < -0.3 is 25.4 Å². The van der Waals surface area contributed by atoms with Gasteiger partial charge in [0, 0.05) is 13.3 Å². The van der Waals surface area contributed by atoms with E-state index in [1.54, 1.807) is 0 Å². The molecule has 0 saturated carbocycles. The highest BCUT2D eigenvalue weighted by atomic mass is 16.6. The molecule has 0 radical (unpaired) electrons. The fourth-order valence-corrected chi connectivity index (χ4v) is 2.01. The molecule has 1 aliphatic heterocycles. The minimum atomic E-state index is -1.07. The quantitative estimate of drug-likeness (QED) is 0.578. The summed E-state index contributed by atoms with van der Waals surface area (Å²) in [6.07, 6.45) is -2.04. The first kappa shape index (κ1) is 13.0. The summed E-state index contributed by atoms with van der Waals surface area (Å²) < 4.78 is 11.6. The molecule has 1 aromatic rings. The summed E-state index contributed by atoms with van der Waals surface area (Å²) in [5.41, 5.74) is 4.74. The number of nitrogens with two attached hydrogens (primary N) is 1. The molecule has 0 amide bonds. The van der Waals surface area contributed by atoms with Gasteiger partial charge in [0.15, 0.2) is 6.23 Å². The Balaban J connectivity index is 2.32. The Morgan fingerprint density at radius 3 is 2.89 bits per heavy atom. The Hall–Kier alpha value is -1.48. The smallest absolute Gasteiger partial charge is 0.351 e. The number of nitrogens with zero attached hydrogens (tertiary/aromatic N) is 2. The van der Waals surface area contributed by atoms with Gasteiger partial charge in [-0.3, -0.25) is 4.57 Å². The zero-order valence-corrected chi connectivity index (χ0v) is 9.76. The summed E-state index contributed by atoms with van der Waals surface area (Å²) in [6.45, 7) is -0.316. The molecule has 1 fully saturated rings. The van der Waals surface area contributed by atoms with E-state index in [1.807, 2.05) is 0 Å². The molecule has 1 aliphatic rings. The van der Waals surface area contributed by atoms with Crippen LogP contribution in [0.4, 0.5) is 5.82 Å². The number of anilines is 1. The van der Waals surface area contributed by atoms with Crippen molar-refractivity contribution in [2.45, 2.75) is 24.5 Å². The molecule has 1 saturated heterocycles. The van der Waals surface area contributed by atoms with Crippen molar-refractivity contribution < 1.29 is 19.7 Å². The number of aliphatic hydroxyl groups excluding tert-OH is 2. The second-order valence-electron chi connectivity index (χ2n) is 3.98. The Morgan fingerprint density at radius 2 is 2.39 bits per heavy atom. The van der Waals surface area contributed by atoms with Crippen molar-refractivity contribution in [3.8, 4) is 0 Å². The van der Waals surface area contributed by atoms with E-state index in [0.29, 0.717) is 0 Å². The fraction of sp³-hybridized carbons (Fsp3) is 0.600. The van der Waals surface area contributed by atoms with Crippen LogP contribution in [0.2, 0.25) is 0 Å². The van der Waals surface area contributed by atoms with Crippen molar-refractivity contribution >= 4 is 5.82 Å². The van der Waals surface area contributed by atoms with Crippen LogP contribution in [-0.4, -0.2) is 51.8 Å². The number of hydrogen-bond donors (Lipinski definition) is 3. The van der Waals surface area contributed by atoms with E-state index in [0.717, 1.165) is 4.57 Å². The lowest BCUT2D eigenvalue weighted by Crippen LogP contribution is -2.37. The van der Waals surface area contributed by atoms with Crippen LogP contribution >= 0.6 is 0 Å². The summed E-state index contributed by atoms with van der Waals surface area (Å²) in [5, 5.41) is 19.1. The minimum absolute atomic E-state index is 0.0886. The molecule has 0 bridgehead atoms. The first-order valence-electron chi connectivity index (χ1n) is 5.40. The summed E-state index contributed by atoms with van der Waals surface area (Å²) in [7, 11) is 1.40. The monoisotopic (exact) mass is 257 g/mol. The molecule has 8 heteroatoms. The van der Waals surface area contributed by atoms with Crippen molar-refractivity contribution in [1.82, 2.24) is 9.55 Å². The van der Waals surface area contributed by atoms with Crippen LogP contribution in [0.15, 0.2) is 17.1 Å². The first-order chi connectivity index (χ1) is 8.58. The van der Waals surface area contributed by atoms with Crippen molar-refractivity contribution in [3.05, 3.63) is 22.7 Å². The lowest BCUT2D eigenvalue weighted by molar-refractivity contribution is -0.0568. The van der Waals surface area contributed by atoms with Gasteiger partial charge in [0.1, 0.15) is 24.1 Å². The summed E-state index contributed by atoms with van der Waals surface area (Å²) in [5.74, 6) is 0.0886. The van der Waals surface area contributed by atoms with Gasteiger partial charge in [-0.25, -0.2) is 4.79 Å². The van der Waals surface area contributed by atoms with Crippen LogP contribution in [0.1, 0.15) is 6.23 Å².